The molecule has 2 aromatic heterocycles. The van der Waals surface area contributed by atoms with E-state index in [1.165, 1.54) is 51.1 Å². The van der Waals surface area contributed by atoms with Gasteiger partial charge >= 0.3 is 0 Å². The highest BCUT2D eigenvalue weighted by molar-refractivity contribution is 9.10. The van der Waals surface area contributed by atoms with Crippen LogP contribution in [0.15, 0.2) is 83.5 Å². The smallest absolute Gasteiger partial charge is 0.128 e. The van der Waals surface area contributed by atoms with Crippen LogP contribution in [0.25, 0.3) is 28.0 Å². The summed E-state index contributed by atoms with van der Waals surface area (Å²) in [4.78, 5) is 0.750. The number of nitrogens with zero attached hydrogens (tertiary/aromatic N) is 2. The van der Waals surface area contributed by atoms with Gasteiger partial charge in [-0.3, -0.25) is 4.40 Å². The Kier molecular flexibility index (Phi) is 6.06. The number of rotatable bonds is 4. The summed E-state index contributed by atoms with van der Waals surface area (Å²) in [5.41, 5.74) is 12.1. The number of anilines is 1. The summed E-state index contributed by atoms with van der Waals surface area (Å²) in [6.07, 6.45) is 5.66. The van der Waals surface area contributed by atoms with E-state index in [9.17, 15) is 0 Å². The van der Waals surface area contributed by atoms with Crippen LogP contribution in [0, 0.1) is 13.8 Å². The minimum atomic E-state index is 0.750. The number of nitrogens with one attached hydrogen (secondary N) is 1. The fraction of sp³-hybridized carbons (Fsp3) is 0.194. The lowest BCUT2D eigenvalue weighted by Gasteiger charge is -2.14. The molecule has 0 aliphatic carbocycles. The Bertz CT molecular complexity index is 1590. The zero-order chi connectivity index (χ0) is 24.8. The first-order valence-corrected chi connectivity index (χ1v) is 13.7. The van der Waals surface area contributed by atoms with Gasteiger partial charge in [-0.05, 0) is 73.6 Å². The van der Waals surface area contributed by atoms with Crippen molar-refractivity contribution in [2.75, 3.05) is 5.32 Å². The molecule has 0 unspecified atom stereocenters. The lowest BCUT2D eigenvalue weighted by molar-refractivity contribution is 0.647. The second kappa shape index (κ2) is 9.38. The number of imidazole rings is 1. The van der Waals surface area contributed by atoms with Gasteiger partial charge in [-0.15, -0.1) is 0 Å². The van der Waals surface area contributed by atoms with Gasteiger partial charge in [0.15, 0.2) is 0 Å². The second-order valence-corrected chi connectivity index (χ2v) is 11.0. The Hall–Kier alpha value is -3.15. The van der Waals surface area contributed by atoms with Crippen LogP contribution in [0.2, 0.25) is 0 Å². The van der Waals surface area contributed by atoms with E-state index < -0.39 is 0 Å². The molecule has 5 aromatic rings. The Balaban J connectivity index is 1.62. The summed E-state index contributed by atoms with van der Waals surface area (Å²) in [5, 5.41) is 3.62. The molecule has 1 N–H and O–H groups in total. The van der Waals surface area contributed by atoms with E-state index in [1.807, 2.05) is 0 Å². The largest absolute Gasteiger partial charge is 0.345 e. The van der Waals surface area contributed by atoms with E-state index in [1.54, 1.807) is 0 Å². The standard InChI is InChI=1S/C31H28BrN3S/c1-20-11-12-21(2)26(18-20)33-30(36)29-28(23-13-15-24(32)16-14-23)25-10-6-7-17-34-27(19-35(29)31(25)34)22-8-4-3-5-9-22/h3-5,8-9,11-16,18-19H,6-7,10,17H2,1-2H3,(H,33,36). The molecule has 0 spiro atoms. The quantitative estimate of drug-likeness (QED) is 0.225. The molecule has 0 fully saturated rings. The molecule has 3 heterocycles. The molecule has 180 valence electrons. The van der Waals surface area contributed by atoms with E-state index in [4.69, 9.17) is 12.2 Å². The minimum absolute atomic E-state index is 0.750. The minimum Gasteiger partial charge on any atom is -0.345 e. The highest BCUT2D eigenvalue weighted by atomic mass is 79.9. The number of aromatic nitrogens is 2. The van der Waals surface area contributed by atoms with Crippen LogP contribution in [0.3, 0.4) is 0 Å². The average molecular weight is 555 g/mol. The molecule has 6 rings (SSSR count). The number of aryl methyl sites for hydroxylation is 4. The molecule has 3 nitrogen and oxygen atoms in total. The molecule has 0 amide bonds. The van der Waals surface area contributed by atoms with E-state index in [0.29, 0.717) is 0 Å². The fourth-order valence-corrected chi connectivity index (χ4v) is 6.00. The first-order chi connectivity index (χ1) is 17.5. The molecule has 0 radical (unpaired) electrons. The zero-order valence-electron chi connectivity index (χ0n) is 20.5. The zero-order valence-corrected chi connectivity index (χ0v) is 22.9. The van der Waals surface area contributed by atoms with Gasteiger partial charge in [0.1, 0.15) is 10.6 Å². The number of hydrogen-bond donors (Lipinski definition) is 1. The van der Waals surface area contributed by atoms with Crippen molar-refractivity contribution in [3.05, 3.63) is 106 Å². The van der Waals surface area contributed by atoms with Gasteiger partial charge in [-0.25, -0.2) is 0 Å². The molecular weight excluding hydrogens is 526 g/mol. The number of benzene rings is 3. The van der Waals surface area contributed by atoms with Crippen molar-refractivity contribution in [2.45, 2.75) is 39.7 Å². The highest BCUT2D eigenvalue weighted by Crippen LogP contribution is 2.40. The van der Waals surface area contributed by atoms with Crippen LogP contribution in [0.1, 0.15) is 35.2 Å². The lowest BCUT2D eigenvalue weighted by atomic mass is 9.98. The third kappa shape index (κ3) is 4.00. The molecule has 0 bridgehead atoms. The van der Waals surface area contributed by atoms with Crippen LogP contribution in [0.4, 0.5) is 5.69 Å². The average Bonchev–Trinajstić information content (AvgIpc) is 3.30. The van der Waals surface area contributed by atoms with Gasteiger partial charge in [0.25, 0.3) is 0 Å². The molecular formula is C31H28BrN3S. The summed E-state index contributed by atoms with van der Waals surface area (Å²) >= 11 is 9.79. The molecule has 1 aliphatic rings. The molecule has 1 aliphatic heterocycles. The summed E-state index contributed by atoms with van der Waals surface area (Å²) in [6.45, 7) is 5.25. The van der Waals surface area contributed by atoms with Crippen molar-refractivity contribution < 1.29 is 0 Å². The maximum atomic E-state index is 6.18. The van der Waals surface area contributed by atoms with Crippen LogP contribution in [0.5, 0.6) is 0 Å². The molecule has 5 heteroatoms. The molecule has 3 aromatic carbocycles. The van der Waals surface area contributed by atoms with Crippen molar-refractivity contribution in [1.82, 2.24) is 8.97 Å². The highest BCUT2D eigenvalue weighted by Gasteiger charge is 2.28. The van der Waals surface area contributed by atoms with Crippen LogP contribution in [-0.2, 0) is 13.0 Å². The predicted molar refractivity (Wildman–Crippen MR) is 158 cm³/mol. The number of halogens is 1. The van der Waals surface area contributed by atoms with Crippen molar-refractivity contribution in [3.8, 4) is 22.4 Å². The fourth-order valence-electron chi connectivity index (χ4n) is 5.43. The topological polar surface area (TPSA) is 21.4 Å². The normalized spacial score (nSPS) is 13.1. The lowest BCUT2D eigenvalue weighted by Crippen LogP contribution is -2.15. The molecule has 0 saturated heterocycles. The second-order valence-electron chi connectivity index (χ2n) is 9.66. The summed E-state index contributed by atoms with van der Waals surface area (Å²) in [7, 11) is 0. The van der Waals surface area contributed by atoms with Crippen molar-refractivity contribution in [2.24, 2.45) is 0 Å². The third-order valence-electron chi connectivity index (χ3n) is 7.19. The van der Waals surface area contributed by atoms with Gasteiger partial charge in [0.05, 0.1) is 11.4 Å². The van der Waals surface area contributed by atoms with Crippen LogP contribution < -0.4 is 5.32 Å². The Morgan fingerprint density at radius 2 is 1.69 bits per heavy atom. The van der Waals surface area contributed by atoms with Crippen molar-refractivity contribution in [3.63, 3.8) is 0 Å². The Morgan fingerprint density at radius 1 is 0.917 bits per heavy atom. The van der Waals surface area contributed by atoms with Crippen LogP contribution >= 0.6 is 28.1 Å². The first-order valence-electron chi connectivity index (χ1n) is 12.5. The maximum Gasteiger partial charge on any atom is 0.128 e. The Morgan fingerprint density at radius 3 is 2.47 bits per heavy atom. The molecule has 0 atom stereocenters. The predicted octanol–water partition coefficient (Wildman–Crippen LogP) is 8.58. The van der Waals surface area contributed by atoms with E-state index in [2.05, 4.69) is 123 Å². The van der Waals surface area contributed by atoms with E-state index in [0.717, 1.165) is 40.2 Å². The van der Waals surface area contributed by atoms with Crippen molar-refractivity contribution in [1.29, 1.82) is 0 Å². The summed E-state index contributed by atoms with van der Waals surface area (Å²) in [5.74, 6) is 0. The number of hydrogen-bond acceptors (Lipinski definition) is 1. The summed E-state index contributed by atoms with van der Waals surface area (Å²) in [6, 6.07) is 25.8. The van der Waals surface area contributed by atoms with Crippen LogP contribution in [-0.4, -0.2) is 14.0 Å². The van der Waals surface area contributed by atoms with Gasteiger partial charge in [0, 0.05) is 34.0 Å². The molecule has 36 heavy (non-hydrogen) atoms. The summed E-state index contributed by atoms with van der Waals surface area (Å²) < 4.78 is 5.93. The van der Waals surface area contributed by atoms with E-state index in [-0.39, 0.29) is 0 Å². The maximum absolute atomic E-state index is 6.18. The van der Waals surface area contributed by atoms with E-state index >= 15 is 0 Å². The van der Waals surface area contributed by atoms with Gasteiger partial charge in [0.2, 0.25) is 0 Å². The molecule has 0 saturated carbocycles. The van der Waals surface area contributed by atoms with Gasteiger partial charge in [-0.2, -0.15) is 0 Å². The van der Waals surface area contributed by atoms with Gasteiger partial charge < -0.3 is 9.88 Å². The number of thiocarbonyl (C=S) groups is 1. The monoisotopic (exact) mass is 553 g/mol. The third-order valence-corrected chi connectivity index (χ3v) is 8.02. The first kappa shape index (κ1) is 23.3. The van der Waals surface area contributed by atoms with Gasteiger partial charge in [-0.1, -0.05) is 82.7 Å². The Labute approximate surface area is 225 Å². The SMILES string of the molecule is Cc1ccc(C)c(NC(=S)c2c(-c3ccc(Br)cc3)c3c4n(c(-c5ccccc5)cn24)CCCC3)c1. The van der Waals surface area contributed by atoms with Crippen molar-refractivity contribution >= 4 is 44.5 Å².